The minimum Gasteiger partial charge on any atom is -0.506 e. The molecule has 13 nitrogen and oxygen atoms in total. The van der Waals surface area contributed by atoms with Crippen LogP contribution in [0.2, 0.25) is 5.02 Å². The van der Waals surface area contributed by atoms with Crippen molar-refractivity contribution in [1.29, 1.82) is 0 Å². The summed E-state index contributed by atoms with van der Waals surface area (Å²) in [6, 6.07) is 9.46. The number of amides is 1. The molecule has 51 heavy (non-hydrogen) atoms. The number of hydrogen-bond acceptors (Lipinski definition) is 13. The van der Waals surface area contributed by atoms with E-state index in [4.69, 9.17) is 36.8 Å². The Morgan fingerprint density at radius 1 is 1.24 bits per heavy atom. The van der Waals surface area contributed by atoms with E-state index in [1.807, 2.05) is 13.8 Å². The van der Waals surface area contributed by atoms with Crippen LogP contribution < -0.4 is 20.7 Å². The number of aromatic nitrogens is 2. The van der Waals surface area contributed by atoms with Gasteiger partial charge in [0.25, 0.3) is 5.91 Å². The number of likely N-dealkylation sites (N-methyl/N-ethyl adjacent to an activating group) is 1. The van der Waals surface area contributed by atoms with Crippen molar-refractivity contribution >= 4 is 52.3 Å². The molecule has 268 valence electrons. The maximum atomic E-state index is 13.7. The number of benzene rings is 2. The molecule has 2 aromatic carbocycles. The standard InChI is InChI=1S/C36H39ClN6O7S/c1-19-35(41-24(16-44)33(39-19)43-12-10-36(11-13-43)18-50-20(2)32(36)38)51-28-7-5-6-23(30(28)37)40-34(48)29-25(17-45)42(3)15-22(31(29)47)21-8-9-26(46)27(14-21)49-4/h5-9,14-15,20,32,44,46-47H,10-13,16,18,38H2,1-4H3,(H,40,48)/t20-,32+/m0/s1. The second kappa shape index (κ2) is 14.6. The zero-order valence-electron chi connectivity index (χ0n) is 28.6. The third kappa shape index (κ3) is 6.78. The van der Waals surface area contributed by atoms with Crippen LogP contribution in [0, 0.1) is 12.3 Å². The van der Waals surface area contributed by atoms with Gasteiger partial charge in [-0.3, -0.25) is 4.79 Å². The Labute approximate surface area is 304 Å². The largest absolute Gasteiger partial charge is 0.506 e. The predicted octanol–water partition coefficient (Wildman–Crippen LogP) is 4.58. The third-order valence-corrected chi connectivity index (χ3v) is 11.4. The maximum Gasteiger partial charge on any atom is 0.262 e. The highest BCUT2D eigenvalue weighted by molar-refractivity contribution is 7.99. The number of carbonyl (C=O) groups is 1. The molecule has 2 saturated heterocycles. The SMILES string of the molecule is COc1cc(C2=CN(C)C(=C=O)C(C(=O)Nc3cccc(Sc4nc(CO)c(N5CCC6(CC5)CO[C@@H](C)[C@H]6N)nc4C)c3Cl)=C2O)ccc1O. The first-order valence-electron chi connectivity index (χ1n) is 16.3. The molecule has 3 aliphatic rings. The smallest absolute Gasteiger partial charge is 0.262 e. The Morgan fingerprint density at radius 3 is 2.63 bits per heavy atom. The second-order valence-corrected chi connectivity index (χ2v) is 14.2. The van der Waals surface area contributed by atoms with Gasteiger partial charge in [-0.05, 0) is 56.5 Å². The molecule has 2 atom stereocenters. The average molecular weight is 735 g/mol. The highest BCUT2D eigenvalue weighted by Crippen LogP contribution is 2.43. The van der Waals surface area contributed by atoms with Gasteiger partial charge in [-0.15, -0.1) is 0 Å². The number of piperidine rings is 1. The number of halogens is 1. The number of nitrogens with two attached hydrogens (primary N) is 1. The molecule has 4 heterocycles. The number of nitrogens with zero attached hydrogens (tertiary/aromatic N) is 4. The van der Waals surface area contributed by atoms with Crippen LogP contribution in [-0.2, 0) is 20.9 Å². The molecular formula is C36H39ClN6O7S. The molecule has 0 bridgehead atoms. The van der Waals surface area contributed by atoms with Gasteiger partial charge < -0.3 is 45.6 Å². The van der Waals surface area contributed by atoms with Crippen LogP contribution in [-0.4, -0.2) is 88.0 Å². The van der Waals surface area contributed by atoms with Crippen molar-refractivity contribution in [2.75, 3.05) is 44.1 Å². The number of aromatic hydroxyl groups is 1. The zero-order chi connectivity index (χ0) is 36.6. The molecule has 3 aromatic rings. The van der Waals surface area contributed by atoms with Crippen molar-refractivity contribution in [3.05, 3.63) is 81.6 Å². The van der Waals surface area contributed by atoms with Crippen molar-refractivity contribution in [2.24, 2.45) is 11.1 Å². The number of carbonyl (C=O) groups excluding carboxylic acids is 2. The molecular weight excluding hydrogens is 696 g/mol. The highest BCUT2D eigenvalue weighted by atomic mass is 35.5. The van der Waals surface area contributed by atoms with Gasteiger partial charge in [0.2, 0.25) is 0 Å². The third-order valence-electron chi connectivity index (χ3n) is 9.77. The fourth-order valence-electron chi connectivity index (χ4n) is 6.73. The summed E-state index contributed by atoms with van der Waals surface area (Å²) in [5, 5.41) is 35.1. The van der Waals surface area contributed by atoms with E-state index in [1.165, 1.54) is 42.1 Å². The summed E-state index contributed by atoms with van der Waals surface area (Å²) in [5.41, 5.74) is 7.86. The molecule has 0 saturated carbocycles. The lowest BCUT2D eigenvalue weighted by Gasteiger charge is -2.42. The number of aliphatic hydroxyl groups is 2. The van der Waals surface area contributed by atoms with E-state index in [-0.39, 0.29) is 63.2 Å². The van der Waals surface area contributed by atoms with Crippen molar-refractivity contribution in [3.63, 3.8) is 0 Å². The normalized spacial score (nSPS) is 20.1. The summed E-state index contributed by atoms with van der Waals surface area (Å²) in [5.74, 6) is 1.15. The molecule has 2 fully saturated rings. The Kier molecular flexibility index (Phi) is 10.4. The average Bonchev–Trinajstić information content (AvgIpc) is 3.39. The Bertz CT molecular complexity index is 1990. The lowest BCUT2D eigenvalue weighted by atomic mass is 9.73. The van der Waals surface area contributed by atoms with Gasteiger partial charge in [0.05, 0.1) is 42.8 Å². The first-order chi connectivity index (χ1) is 24.4. The van der Waals surface area contributed by atoms with E-state index in [2.05, 4.69) is 10.2 Å². The molecule has 6 rings (SSSR count). The van der Waals surface area contributed by atoms with E-state index in [1.54, 1.807) is 37.3 Å². The molecule has 1 amide bonds. The van der Waals surface area contributed by atoms with Crippen LogP contribution in [0.25, 0.3) is 5.57 Å². The van der Waals surface area contributed by atoms with Crippen molar-refractivity contribution < 1.29 is 34.4 Å². The predicted molar refractivity (Wildman–Crippen MR) is 193 cm³/mol. The molecule has 0 aliphatic carbocycles. The summed E-state index contributed by atoms with van der Waals surface area (Å²) in [6.07, 6.45) is 3.21. The summed E-state index contributed by atoms with van der Waals surface area (Å²) in [6.45, 7) is 5.62. The van der Waals surface area contributed by atoms with Crippen molar-refractivity contribution in [3.8, 4) is 11.5 Å². The maximum absolute atomic E-state index is 13.7. The number of allylic oxidation sites excluding steroid dienone is 1. The number of aryl methyl sites for hydroxylation is 1. The van der Waals surface area contributed by atoms with E-state index in [9.17, 15) is 24.9 Å². The van der Waals surface area contributed by atoms with Crippen LogP contribution in [0.5, 0.6) is 11.5 Å². The number of nitrogens with one attached hydrogen (secondary N) is 1. The lowest BCUT2D eigenvalue weighted by molar-refractivity contribution is -0.112. The van der Waals surface area contributed by atoms with Gasteiger partial charge in [-0.2, -0.15) is 0 Å². The van der Waals surface area contributed by atoms with E-state index in [0.717, 1.165) is 12.8 Å². The fraction of sp³-hybridized carbons (Fsp3) is 0.361. The van der Waals surface area contributed by atoms with Crippen molar-refractivity contribution in [1.82, 2.24) is 14.9 Å². The fourth-order valence-corrected chi connectivity index (χ4v) is 7.92. The Balaban J connectivity index is 1.23. The first-order valence-corrected chi connectivity index (χ1v) is 17.5. The minimum atomic E-state index is -0.802. The number of rotatable bonds is 8. The second-order valence-electron chi connectivity index (χ2n) is 12.8. The zero-order valence-corrected chi connectivity index (χ0v) is 30.1. The van der Waals surface area contributed by atoms with Gasteiger partial charge in [0.15, 0.2) is 23.3 Å². The van der Waals surface area contributed by atoms with E-state index in [0.29, 0.717) is 52.4 Å². The molecule has 3 aliphatic heterocycles. The topological polar surface area (TPSA) is 184 Å². The van der Waals surface area contributed by atoms with Gasteiger partial charge in [0.1, 0.15) is 27.7 Å². The number of aliphatic hydroxyl groups excluding tert-OH is 2. The molecule has 1 spiro atoms. The number of methoxy groups -OCH3 is 1. The van der Waals surface area contributed by atoms with Gasteiger partial charge in [-0.1, -0.05) is 35.5 Å². The minimum absolute atomic E-state index is 0.0201. The Hall–Kier alpha value is -4.56. The monoisotopic (exact) mass is 734 g/mol. The van der Waals surface area contributed by atoms with E-state index >= 15 is 0 Å². The quantitative estimate of drug-likeness (QED) is 0.203. The number of phenolic OH excluding ortho intramolecular Hbond substituents is 1. The molecule has 15 heteroatoms. The summed E-state index contributed by atoms with van der Waals surface area (Å²) < 4.78 is 11.1. The van der Waals surface area contributed by atoms with Gasteiger partial charge >= 0.3 is 0 Å². The highest BCUT2D eigenvalue weighted by Gasteiger charge is 2.48. The number of anilines is 2. The van der Waals surface area contributed by atoms with E-state index < -0.39 is 11.7 Å². The van der Waals surface area contributed by atoms with Crippen LogP contribution in [0.1, 0.15) is 36.7 Å². The first kappa shape index (κ1) is 36.2. The Morgan fingerprint density at radius 2 is 1.98 bits per heavy atom. The van der Waals surface area contributed by atoms with Crippen LogP contribution in [0.4, 0.5) is 11.5 Å². The van der Waals surface area contributed by atoms with Crippen LogP contribution in [0.15, 0.2) is 69.5 Å². The number of phenols is 1. The van der Waals surface area contributed by atoms with Gasteiger partial charge in [0, 0.05) is 48.3 Å². The van der Waals surface area contributed by atoms with Gasteiger partial charge in [-0.25, -0.2) is 14.8 Å². The molecule has 1 aromatic heterocycles. The number of hydrogen-bond donors (Lipinski definition) is 5. The summed E-state index contributed by atoms with van der Waals surface area (Å²) in [4.78, 5) is 39.4. The molecule has 0 unspecified atom stereocenters. The number of ether oxygens (including phenoxy) is 2. The molecule has 0 radical (unpaired) electrons. The van der Waals surface area contributed by atoms with Crippen LogP contribution in [0.3, 0.4) is 0 Å². The molecule has 6 N–H and O–H groups in total. The lowest BCUT2D eigenvalue weighted by Crippen LogP contribution is -2.51. The summed E-state index contributed by atoms with van der Waals surface area (Å²) in [7, 11) is 2.93. The van der Waals surface area contributed by atoms with Crippen LogP contribution >= 0.6 is 23.4 Å². The van der Waals surface area contributed by atoms with Crippen molar-refractivity contribution in [2.45, 2.75) is 55.4 Å². The summed E-state index contributed by atoms with van der Waals surface area (Å²) >= 11 is 8.05.